The zero-order valence-electron chi connectivity index (χ0n) is 10.6. The van der Waals surface area contributed by atoms with Crippen molar-refractivity contribution in [3.8, 4) is 0 Å². The van der Waals surface area contributed by atoms with E-state index in [9.17, 15) is 9.59 Å². The van der Waals surface area contributed by atoms with E-state index in [-0.39, 0.29) is 17.5 Å². The Bertz CT molecular complexity index is 368. The third kappa shape index (κ3) is 2.08. The van der Waals surface area contributed by atoms with Crippen LogP contribution in [-0.4, -0.2) is 24.8 Å². The molecule has 1 saturated carbocycles. The molecule has 17 heavy (non-hydrogen) atoms. The summed E-state index contributed by atoms with van der Waals surface area (Å²) in [7, 11) is 0. The van der Waals surface area contributed by atoms with Gasteiger partial charge in [0.1, 0.15) is 5.78 Å². The molecule has 0 spiro atoms. The van der Waals surface area contributed by atoms with Gasteiger partial charge in [0, 0.05) is 18.4 Å². The Balaban J connectivity index is 0.000000514. The van der Waals surface area contributed by atoms with E-state index in [0.29, 0.717) is 32.0 Å². The van der Waals surface area contributed by atoms with Gasteiger partial charge in [0.25, 0.3) is 0 Å². The molecule has 3 nitrogen and oxygen atoms in total. The molecule has 3 aliphatic rings. The molecule has 2 aliphatic carbocycles. The third-order valence-corrected chi connectivity index (χ3v) is 3.88. The van der Waals surface area contributed by atoms with E-state index in [1.54, 1.807) is 0 Å². The monoisotopic (exact) mass is 236 g/mol. The molecule has 2 atom stereocenters. The smallest absolute Gasteiger partial charge is 0.161 e. The maximum atomic E-state index is 11.7. The van der Waals surface area contributed by atoms with E-state index in [4.69, 9.17) is 4.74 Å². The van der Waals surface area contributed by atoms with Crippen molar-refractivity contribution < 1.29 is 14.3 Å². The summed E-state index contributed by atoms with van der Waals surface area (Å²) in [6.45, 7) is 4.94. The van der Waals surface area contributed by atoms with Crippen molar-refractivity contribution in [1.82, 2.24) is 0 Å². The molecule has 1 fully saturated rings. The Morgan fingerprint density at radius 3 is 2.59 bits per heavy atom. The second-order valence-electron chi connectivity index (χ2n) is 4.67. The van der Waals surface area contributed by atoms with Crippen molar-refractivity contribution in [3.05, 3.63) is 11.1 Å². The third-order valence-electron chi connectivity index (χ3n) is 3.88. The highest BCUT2D eigenvalue weighted by molar-refractivity contribution is 6.00. The van der Waals surface area contributed by atoms with Gasteiger partial charge in [0.15, 0.2) is 5.78 Å². The lowest BCUT2D eigenvalue weighted by atomic mass is 9.68. The summed E-state index contributed by atoms with van der Waals surface area (Å²) in [5.41, 5.74) is 1.98. The Kier molecular flexibility index (Phi) is 3.77. The van der Waals surface area contributed by atoms with Gasteiger partial charge in [-0.3, -0.25) is 9.59 Å². The summed E-state index contributed by atoms with van der Waals surface area (Å²) in [6.07, 6.45) is 3.21. The molecule has 1 heterocycles. The van der Waals surface area contributed by atoms with Gasteiger partial charge in [0.05, 0.1) is 19.1 Å². The summed E-state index contributed by atoms with van der Waals surface area (Å²) in [5.74, 6) is 0.884. The van der Waals surface area contributed by atoms with Crippen molar-refractivity contribution in [2.45, 2.75) is 39.5 Å². The Morgan fingerprint density at radius 2 is 1.82 bits per heavy atom. The predicted molar refractivity (Wildman–Crippen MR) is 64.7 cm³/mol. The fourth-order valence-corrected chi connectivity index (χ4v) is 3.10. The second kappa shape index (κ2) is 5.13. The minimum absolute atomic E-state index is 0.0863. The number of hydrogen-bond acceptors (Lipinski definition) is 3. The standard InChI is InChI=1S/C12H14O3.C2H6/c13-10-3-1-7-2-4-11(14)9-6-15-5-8(10)12(7)9;1-2/h7-8H,1-6H2;1-2H3. The van der Waals surface area contributed by atoms with E-state index in [1.165, 1.54) is 0 Å². The molecule has 0 aromatic rings. The molecule has 0 N–H and O–H groups in total. The average Bonchev–Trinajstić information content (AvgIpc) is 2.39. The lowest BCUT2D eigenvalue weighted by molar-refractivity contribution is -0.127. The highest BCUT2D eigenvalue weighted by Gasteiger charge is 2.41. The fraction of sp³-hybridized carbons (Fsp3) is 0.714. The van der Waals surface area contributed by atoms with Crippen molar-refractivity contribution in [3.63, 3.8) is 0 Å². The highest BCUT2D eigenvalue weighted by atomic mass is 16.5. The van der Waals surface area contributed by atoms with E-state index >= 15 is 0 Å². The Morgan fingerprint density at radius 1 is 1.12 bits per heavy atom. The zero-order valence-corrected chi connectivity index (χ0v) is 10.6. The number of ether oxygens (including phenoxy) is 1. The van der Waals surface area contributed by atoms with Gasteiger partial charge in [-0.1, -0.05) is 13.8 Å². The summed E-state index contributed by atoms with van der Waals surface area (Å²) >= 11 is 0. The van der Waals surface area contributed by atoms with Crippen molar-refractivity contribution in [1.29, 1.82) is 0 Å². The van der Waals surface area contributed by atoms with Crippen LogP contribution in [0.4, 0.5) is 0 Å². The number of Topliss-reactive ketones (excluding diaryl/α,β-unsaturated/α-hetero) is 2. The number of rotatable bonds is 0. The fourth-order valence-electron chi connectivity index (χ4n) is 3.10. The molecular formula is C14H20O3. The first-order valence-corrected chi connectivity index (χ1v) is 6.64. The van der Waals surface area contributed by atoms with E-state index in [2.05, 4.69) is 0 Å². The van der Waals surface area contributed by atoms with Crippen molar-refractivity contribution >= 4 is 11.6 Å². The van der Waals surface area contributed by atoms with E-state index < -0.39 is 0 Å². The van der Waals surface area contributed by atoms with Crippen molar-refractivity contribution in [2.24, 2.45) is 11.8 Å². The van der Waals surface area contributed by atoms with Gasteiger partial charge in [-0.25, -0.2) is 0 Å². The molecule has 3 rings (SSSR count). The average molecular weight is 236 g/mol. The molecule has 3 heteroatoms. The maximum absolute atomic E-state index is 11.7. The highest BCUT2D eigenvalue weighted by Crippen LogP contribution is 2.42. The first-order chi connectivity index (χ1) is 8.27. The number of carbonyl (C=O) groups excluding carboxylic acids is 2. The molecule has 0 aromatic heterocycles. The number of carbonyl (C=O) groups is 2. The molecule has 0 amide bonds. The zero-order chi connectivity index (χ0) is 12.4. The lowest BCUT2D eigenvalue weighted by Crippen LogP contribution is -2.40. The molecule has 2 unspecified atom stereocenters. The van der Waals surface area contributed by atoms with Crippen LogP contribution in [0, 0.1) is 11.8 Å². The molecule has 1 aliphatic heterocycles. The van der Waals surface area contributed by atoms with Gasteiger partial charge >= 0.3 is 0 Å². The molecule has 94 valence electrons. The van der Waals surface area contributed by atoms with E-state index in [1.807, 2.05) is 13.8 Å². The van der Waals surface area contributed by atoms with Crippen LogP contribution in [-0.2, 0) is 14.3 Å². The second-order valence-corrected chi connectivity index (χ2v) is 4.67. The van der Waals surface area contributed by atoms with E-state index in [0.717, 1.165) is 24.0 Å². The van der Waals surface area contributed by atoms with Crippen LogP contribution in [0.5, 0.6) is 0 Å². The first kappa shape index (κ1) is 12.5. The molecule has 0 aromatic carbocycles. The normalized spacial score (nSPS) is 31.6. The maximum Gasteiger partial charge on any atom is 0.161 e. The van der Waals surface area contributed by atoms with Crippen LogP contribution in [0.15, 0.2) is 11.1 Å². The Labute approximate surface area is 102 Å². The van der Waals surface area contributed by atoms with Crippen LogP contribution in [0.25, 0.3) is 0 Å². The van der Waals surface area contributed by atoms with Crippen molar-refractivity contribution in [2.75, 3.05) is 13.2 Å². The van der Waals surface area contributed by atoms with Crippen LogP contribution < -0.4 is 0 Å². The Hall–Kier alpha value is -0.960. The quantitative estimate of drug-likeness (QED) is 0.648. The van der Waals surface area contributed by atoms with Gasteiger partial charge in [-0.15, -0.1) is 0 Å². The van der Waals surface area contributed by atoms with Gasteiger partial charge < -0.3 is 4.74 Å². The minimum Gasteiger partial charge on any atom is -0.376 e. The van der Waals surface area contributed by atoms with Gasteiger partial charge in [0.2, 0.25) is 0 Å². The number of hydrogen-bond donors (Lipinski definition) is 0. The van der Waals surface area contributed by atoms with Crippen LogP contribution >= 0.6 is 0 Å². The van der Waals surface area contributed by atoms with Crippen LogP contribution in [0.1, 0.15) is 39.5 Å². The molecule has 0 saturated heterocycles. The van der Waals surface area contributed by atoms with Gasteiger partial charge in [-0.2, -0.15) is 0 Å². The minimum atomic E-state index is -0.0863. The van der Waals surface area contributed by atoms with Crippen LogP contribution in [0.3, 0.4) is 0 Å². The summed E-state index contributed by atoms with van der Waals surface area (Å²) in [6, 6.07) is 0. The topological polar surface area (TPSA) is 43.4 Å². The molecule has 0 bridgehead atoms. The van der Waals surface area contributed by atoms with Gasteiger partial charge in [-0.05, 0) is 24.3 Å². The first-order valence-electron chi connectivity index (χ1n) is 6.64. The lowest BCUT2D eigenvalue weighted by Gasteiger charge is -2.39. The molecule has 0 radical (unpaired) electrons. The summed E-state index contributed by atoms with van der Waals surface area (Å²) in [4.78, 5) is 23.5. The largest absolute Gasteiger partial charge is 0.376 e. The summed E-state index contributed by atoms with van der Waals surface area (Å²) < 4.78 is 5.37. The number of ketones is 2. The molecular weight excluding hydrogens is 216 g/mol. The summed E-state index contributed by atoms with van der Waals surface area (Å²) in [5, 5.41) is 0. The predicted octanol–water partition coefficient (Wildman–Crippen LogP) is 2.30. The SMILES string of the molecule is CC.O=C1CCC2CCC(=O)C3COCC1=C23. The van der Waals surface area contributed by atoms with Crippen LogP contribution in [0.2, 0.25) is 0 Å².